The molecule has 1 saturated heterocycles. The van der Waals surface area contributed by atoms with Crippen LogP contribution in [0.3, 0.4) is 0 Å². The molecular weight excluding hydrogens is 330 g/mol. The maximum Gasteiger partial charge on any atom is 0.320 e. The first kappa shape index (κ1) is 16.5. The monoisotopic (exact) mass is 347 g/mol. The third-order valence-electron chi connectivity index (χ3n) is 3.52. The van der Waals surface area contributed by atoms with Crippen molar-refractivity contribution in [2.75, 3.05) is 43.4 Å². The number of hydrogen-bond acceptors (Lipinski definition) is 7. The number of aromatic nitrogens is 2. The van der Waals surface area contributed by atoms with Gasteiger partial charge in [-0.25, -0.2) is 9.97 Å². The number of rotatable bonds is 6. The summed E-state index contributed by atoms with van der Waals surface area (Å²) in [4.78, 5) is 21.7. The van der Waals surface area contributed by atoms with Gasteiger partial charge in [-0.1, -0.05) is 17.7 Å². The Morgan fingerprint density at radius 2 is 2.12 bits per heavy atom. The fourth-order valence-corrected chi connectivity index (χ4v) is 2.56. The highest BCUT2D eigenvalue weighted by atomic mass is 35.5. The number of ether oxygens (including phenoxy) is 1. The van der Waals surface area contributed by atoms with Gasteiger partial charge in [-0.15, -0.1) is 0 Å². The molecule has 0 spiro atoms. The van der Waals surface area contributed by atoms with Gasteiger partial charge in [0.2, 0.25) is 0 Å². The fraction of sp³-hybridized carbons (Fsp3) is 0.312. The van der Waals surface area contributed by atoms with Crippen molar-refractivity contribution in [3.63, 3.8) is 0 Å². The molecule has 0 amide bonds. The molecule has 1 aliphatic rings. The molecule has 0 unspecified atom stereocenters. The van der Waals surface area contributed by atoms with Crippen molar-refractivity contribution in [1.29, 1.82) is 0 Å². The lowest BCUT2D eigenvalue weighted by molar-refractivity contribution is -0.150. The molecule has 0 bridgehead atoms. The second-order valence-corrected chi connectivity index (χ2v) is 5.78. The topological polar surface area (TPSA) is 79.4 Å². The molecule has 24 heavy (non-hydrogen) atoms. The Labute approximate surface area is 145 Å². The lowest BCUT2D eigenvalue weighted by atomic mass is 10.3. The molecule has 0 aliphatic carbocycles. The van der Waals surface area contributed by atoms with Crippen LogP contribution in [-0.4, -0.2) is 53.6 Å². The number of carbonyl (C=O) groups excluding carboxylic acids is 1. The summed E-state index contributed by atoms with van der Waals surface area (Å²) in [6, 6.07) is 9.25. The maximum absolute atomic E-state index is 11.2. The zero-order valence-corrected chi connectivity index (χ0v) is 13.8. The van der Waals surface area contributed by atoms with Gasteiger partial charge in [-0.2, -0.15) is 0 Å². The van der Waals surface area contributed by atoms with Crippen LogP contribution in [0.5, 0.6) is 0 Å². The van der Waals surface area contributed by atoms with Gasteiger partial charge < -0.3 is 15.4 Å². The smallest absolute Gasteiger partial charge is 0.320 e. The first-order chi connectivity index (χ1) is 11.7. The minimum Gasteiger partial charge on any atom is -0.463 e. The molecule has 0 atom stereocenters. The maximum atomic E-state index is 11.2. The van der Waals surface area contributed by atoms with Gasteiger partial charge in [-0.05, 0) is 18.2 Å². The van der Waals surface area contributed by atoms with E-state index in [9.17, 15) is 4.79 Å². The predicted octanol–water partition coefficient (Wildman–Crippen LogP) is 2.14. The molecule has 0 saturated carbocycles. The van der Waals surface area contributed by atoms with Crippen LogP contribution in [0.1, 0.15) is 0 Å². The number of nitrogens with zero attached hydrogens (tertiary/aromatic N) is 3. The van der Waals surface area contributed by atoms with Gasteiger partial charge in [0.05, 0.1) is 6.54 Å². The highest BCUT2D eigenvalue weighted by molar-refractivity contribution is 6.30. The van der Waals surface area contributed by atoms with Gasteiger partial charge in [0, 0.05) is 36.4 Å². The van der Waals surface area contributed by atoms with Gasteiger partial charge in [0.25, 0.3) is 0 Å². The number of anilines is 3. The Morgan fingerprint density at radius 3 is 2.96 bits per heavy atom. The average Bonchev–Trinajstić information content (AvgIpc) is 2.55. The van der Waals surface area contributed by atoms with Gasteiger partial charge in [0.15, 0.2) is 0 Å². The van der Waals surface area contributed by atoms with Crippen molar-refractivity contribution in [3.05, 3.63) is 41.7 Å². The normalized spacial score (nSPS) is 15.0. The number of morpholine rings is 1. The van der Waals surface area contributed by atoms with Crippen molar-refractivity contribution < 1.29 is 9.53 Å². The van der Waals surface area contributed by atoms with E-state index in [1.165, 1.54) is 6.33 Å². The lowest BCUT2D eigenvalue weighted by Gasteiger charge is -2.25. The van der Waals surface area contributed by atoms with Crippen molar-refractivity contribution in [2.24, 2.45) is 0 Å². The van der Waals surface area contributed by atoms with Gasteiger partial charge >= 0.3 is 5.97 Å². The highest BCUT2D eigenvalue weighted by Gasteiger charge is 2.16. The van der Waals surface area contributed by atoms with E-state index < -0.39 is 0 Å². The van der Waals surface area contributed by atoms with E-state index in [0.29, 0.717) is 36.4 Å². The summed E-state index contributed by atoms with van der Waals surface area (Å²) >= 11 is 5.97. The highest BCUT2D eigenvalue weighted by Crippen LogP contribution is 2.19. The molecule has 1 aliphatic heterocycles. The first-order valence-corrected chi connectivity index (χ1v) is 8.03. The van der Waals surface area contributed by atoms with Crippen LogP contribution >= 0.6 is 11.6 Å². The summed E-state index contributed by atoms with van der Waals surface area (Å²) in [5, 5.41) is 7.08. The van der Waals surface area contributed by atoms with Crippen molar-refractivity contribution >= 4 is 34.9 Å². The minimum absolute atomic E-state index is 0.170. The van der Waals surface area contributed by atoms with Crippen molar-refractivity contribution in [1.82, 2.24) is 14.9 Å². The molecule has 0 radical (unpaired) electrons. The molecule has 126 valence electrons. The van der Waals surface area contributed by atoms with Gasteiger partial charge in [-0.3, -0.25) is 9.69 Å². The zero-order chi connectivity index (χ0) is 16.8. The van der Waals surface area contributed by atoms with Crippen LogP contribution in [0.25, 0.3) is 0 Å². The van der Waals surface area contributed by atoms with Crippen LogP contribution in [0.4, 0.5) is 17.3 Å². The standard InChI is InChI=1S/C16H18ClN5O2/c17-12-2-1-3-13(8-12)21-15-9-14(19-11-20-15)18-4-5-22-6-7-24-16(23)10-22/h1-3,8-9,11H,4-7,10H2,(H2,18,19,20,21). The Bertz CT molecular complexity index is 712. The summed E-state index contributed by atoms with van der Waals surface area (Å²) in [6.07, 6.45) is 1.49. The van der Waals surface area contributed by atoms with Crippen LogP contribution in [0.2, 0.25) is 5.02 Å². The average molecular weight is 348 g/mol. The van der Waals surface area contributed by atoms with E-state index in [2.05, 4.69) is 20.6 Å². The molecule has 2 aromatic rings. The first-order valence-electron chi connectivity index (χ1n) is 7.65. The van der Waals surface area contributed by atoms with Gasteiger partial charge in [0.1, 0.15) is 24.6 Å². The Hall–Kier alpha value is -2.38. The molecule has 1 aromatic heterocycles. The van der Waals surface area contributed by atoms with Crippen LogP contribution in [0.15, 0.2) is 36.7 Å². The summed E-state index contributed by atoms with van der Waals surface area (Å²) < 4.78 is 4.91. The summed E-state index contributed by atoms with van der Waals surface area (Å²) in [5.74, 6) is 1.22. The van der Waals surface area contributed by atoms with Crippen molar-refractivity contribution in [3.8, 4) is 0 Å². The quantitative estimate of drug-likeness (QED) is 0.775. The van der Waals surface area contributed by atoms with Crippen molar-refractivity contribution in [2.45, 2.75) is 0 Å². The number of esters is 1. The SMILES string of the molecule is O=C1CN(CCNc2cc(Nc3cccc(Cl)c3)ncn2)CCO1. The molecule has 3 rings (SSSR count). The van der Waals surface area contributed by atoms with Crippen LogP contribution < -0.4 is 10.6 Å². The summed E-state index contributed by atoms with van der Waals surface area (Å²) in [6.45, 7) is 2.99. The molecule has 2 heterocycles. The lowest BCUT2D eigenvalue weighted by Crippen LogP contribution is -2.41. The minimum atomic E-state index is -0.170. The number of carbonyl (C=O) groups is 1. The molecule has 2 N–H and O–H groups in total. The Kier molecular flexibility index (Phi) is 5.45. The molecule has 8 heteroatoms. The van der Waals surface area contributed by atoms with E-state index in [4.69, 9.17) is 16.3 Å². The third-order valence-corrected chi connectivity index (χ3v) is 3.76. The second-order valence-electron chi connectivity index (χ2n) is 5.35. The summed E-state index contributed by atoms with van der Waals surface area (Å²) in [5.41, 5.74) is 0.860. The van der Waals surface area contributed by atoms with Crippen LogP contribution in [0, 0.1) is 0 Å². The summed E-state index contributed by atoms with van der Waals surface area (Å²) in [7, 11) is 0. The second kappa shape index (κ2) is 7.94. The van der Waals surface area contributed by atoms with Crippen LogP contribution in [-0.2, 0) is 9.53 Å². The molecule has 7 nitrogen and oxygen atoms in total. The predicted molar refractivity (Wildman–Crippen MR) is 92.7 cm³/mol. The third kappa shape index (κ3) is 4.81. The fourth-order valence-electron chi connectivity index (χ4n) is 2.37. The largest absolute Gasteiger partial charge is 0.463 e. The number of cyclic esters (lactones) is 1. The number of benzene rings is 1. The number of halogens is 1. The Morgan fingerprint density at radius 1 is 1.25 bits per heavy atom. The molecule has 1 fully saturated rings. The van der Waals surface area contributed by atoms with E-state index in [1.54, 1.807) is 0 Å². The number of nitrogens with one attached hydrogen (secondary N) is 2. The van der Waals surface area contributed by atoms with E-state index in [1.807, 2.05) is 35.2 Å². The molecular formula is C16H18ClN5O2. The number of hydrogen-bond donors (Lipinski definition) is 2. The van der Waals surface area contributed by atoms with E-state index in [-0.39, 0.29) is 5.97 Å². The zero-order valence-electron chi connectivity index (χ0n) is 13.0. The Balaban J connectivity index is 1.52. The molecule has 1 aromatic carbocycles. The van der Waals surface area contributed by atoms with E-state index in [0.717, 1.165) is 18.8 Å². The van der Waals surface area contributed by atoms with E-state index >= 15 is 0 Å².